The van der Waals surface area contributed by atoms with Gasteiger partial charge in [0.2, 0.25) is 5.78 Å². The van der Waals surface area contributed by atoms with Crippen LogP contribution in [0.1, 0.15) is 28.4 Å². The van der Waals surface area contributed by atoms with Crippen molar-refractivity contribution in [2.75, 3.05) is 6.26 Å². The summed E-state index contributed by atoms with van der Waals surface area (Å²) in [5, 5.41) is 11.9. The Labute approximate surface area is 137 Å². The number of nitrogens with one attached hydrogen (secondary N) is 1. The third kappa shape index (κ3) is 3.10. The lowest BCUT2D eigenvalue weighted by Gasteiger charge is -2.11. The van der Waals surface area contributed by atoms with E-state index >= 15 is 0 Å². The van der Waals surface area contributed by atoms with Gasteiger partial charge in [0, 0.05) is 30.1 Å². The highest BCUT2D eigenvalue weighted by Gasteiger charge is 2.24. The number of halogens is 1. The van der Waals surface area contributed by atoms with Gasteiger partial charge < -0.3 is 10.2 Å². The number of benzene rings is 1. The zero-order chi connectivity index (χ0) is 17.4. The second kappa shape index (κ2) is 6.31. The molecule has 23 heavy (non-hydrogen) atoms. The highest BCUT2D eigenvalue weighted by Crippen LogP contribution is 2.29. The van der Waals surface area contributed by atoms with Crippen LogP contribution in [0, 0.1) is 0 Å². The Kier molecular flexibility index (Phi) is 4.79. The standard InChI is InChI=1S/C14H15ClN2O5S/c1-3-17-14(20)9(6-16-17)13(19)8-4-5-11(23(2,21)22)10(7-18)12(8)15/h4-6,16,18H,3,7H2,1-2H3. The van der Waals surface area contributed by atoms with Crippen molar-refractivity contribution >= 4 is 27.2 Å². The number of carbonyl (C=O) groups is 1. The molecule has 0 aliphatic carbocycles. The van der Waals surface area contributed by atoms with Gasteiger partial charge in [-0.2, -0.15) is 0 Å². The van der Waals surface area contributed by atoms with Crippen LogP contribution in [0.5, 0.6) is 0 Å². The summed E-state index contributed by atoms with van der Waals surface area (Å²) in [6.07, 6.45) is 2.25. The van der Waals surface area contributed by atoms with E-state index < -0.39 is 27.8 Å². The molecule has 7 nitrogen and oxygen atoms in total. The average Bonchev–Trinajstić information content (AvgIpc) is 2.86. The van der Waals surface area contributed by atoms with Crippen LogP contribution in [-0.2, 0) is 23.0 Å². The molecule has 0 spiro atoms. The molecule has 0 atom stereocenters. The summed E-state index contributed by atoms with van der Waals surface area (Å²) >= 11 is 6.09. The molecule has 2 N–H and O–H groups in total. The van der Waals surface area contributed by atoms with E-state index in [0.717, 1.165) is 6.26 Å². The van der Waals surface area contributed by atoms with Crippen molar-refractivity contribution in [1.29, 1.82) is 0 Å². The van der Waals surface area contributed by atoms with Crippen molar-refractivity contribution in [3.8, 4) is 0 Å². The van der Waals surface area contributed by atoms with E-state index in [2.05, 4.69) is 5.10 Å². The van der Waals surface area contributed by atoms with Crippen molar-refractivity contribution < 1.29 is 18.3 Å². The van der Waals surface area contributed by atoms with Crippen LogP contribution in [0.15, 0.2) is 28.0 Å². The molecule has 2 rings (SSSR count). The van der Waals surface area contributed by atoms with Crippen molar-refractivity contribution in [2.24, 2.45) is 0 Å². The number of sulfone groups is 1. The first kappa shape index (κ1) is 17.5. The molecule has 1 aromatic carbocycles. The molecule has 0 fully saturated rings. The van der Waals surface area contributed by atoms with Gasteiger partial charge in [-0.1, -0.05) is 11.6 Å². The summed E-state index contributed by atoms with van der Waals surface area (Å²) in [7, 11) is -3.61. The van der Waals surface area contributed by atoms with E-state index in [9.17, 15) is 23.1 Å². The van der Waals surface area contributed by atoms with Gasteiger partial charge in [-0.3, -0.25) is 14.3 Å². The molecule has 0 aliphatic heterocycles. The van der Waals surface area contributed by atoms with E-state index in [1.54, 1.807) is 6.92 Å². The molecule has 124 valence electrons. The van der Waals surface area contributed by atoms with E-state index in [4.69, 9.17) is 11.6 Å². The second-order valence-electron chi connectivity index (χ2n) is 4.90. The number of nitrogens with zero attached hydrogens (tertiary/aromatic N) is 1. The van der Waals surface area contributed by atoms with Crippen molar-refractivity contribution in [3.63, 3.8) is 0 Å². The van der Waals surface area contributed by atoms with Crippen LogP contribution in [0.3, 0.4) is 0 Å². The van der Waals surface area contributed by atoms with Gasteiger partial charge in [0.05, 0.1) is 16.5 Å². The quantitative estimate of drug-likeness (QED) is 0.774. The van der Waals surface area contributed by atoms with E-state index in [1.807, 2.05) is 0 Å². The number of aryl methyl sites for hydroxylation is 1. The van der Waals surface area contributed by atoms with E-state index in [0.29, 0.717) is 6.54 Å². The van der Waals surface area contributed by atoms with Gasteiger partial charge in [-0.15, -0.1) is 0 Å². The van der Waals surface area contributed by atoms with Gasteiger partial charge in [-0.25, -0.2) is 8.42 Å². The fraction of sp³-hybridized carbons (Fsp3) is 0.286. The summed E-state index contributed by atoms with van der Waals surface area (Å²) < 4.78 is 24.6. The molecule has 0 bridgehead atoms. The average molecular weight is 359 g/mol. The van der Waals surface area contributed by atoms with Crippen LogP contribution in [0.2, 0.25) is 5.02 Å². The lowest BCUT2D eigenvalue weighted by molar-refractivity contribution is 0.103. The minimum absolute atomic E-state index is 0.0394. The molecule has 0 saturated carbocycles. The number of ketones is 1. The van der Waals surface area contributed by atoms with Crippen molar-refractivity contribution in [1.82, 2.24) is 9.78 Å². The normalized spacial score (nSPS) is 11.7. The number of aromatic amines is 1. The first-order valence-corrected chi connectivity index (χ1v) is 8.94. The molecular formula is C14H15ClN2O5S. The molecule has 0 unspecified atom stereocenters. The molecule has 2 aromatic rings. The third-order valence-electron chi connectivity index (χ3n) is 3.40. The fourth-order valence-electron chi connectivity index (χ4n) is 2.22. The third-order valence-corrected chi connectivity index (χ3v) is 5.02. The summed E-state index contributed by atoms with van der Waals surface area (Å²) in [5.74, 6) is -0.641. The summed E-state index contributed by atoms with van der Waals surface area (Å²) in [4.78, 5) is 24.4. The minimum Gasteiger partial charge on any atom is -0.392 e. The highest BCUT2D eigenvalue weighted by atomic mass is 35.5. The molecule has 0 saturated heterocycles. The Bertz CT molecular complexity index is 927. The number of H-pyrrole nitrogens is 1. The maximum atomic E-state index is 12.5. The summed E-state index contributed by atoms with van der Waals surface area (Å²) in [6.45, 7) is 1.47. The lowest BCUT2D eigenvalue weighted by Crippen LogP contribution is -2.21. The summed E-state index contributed by atoms with van der Waals surface area (Å²) in [5.41, 5.74) is -0.704. The zero-order valence-electron chi connectivity index (χ0n) is 12.5. The summed E-state index contributed by atoms with van der Waals surface area (Å²) in [6, 6.07) is 2.44. The minimum atomic E-state index is -3.61. The predicted molar refractivity (Wildman–Crippen MR) is 84.6 cm³/mol. The van der Waals surface area contributed by atoms with Gasteiger partial charge in [0.15, 0.2) is 9.84 Å². The van der Waals surface area contributed by atoms with Crippen LogP contribution in [0.25, 0.3) is 0 Å². The van der Waals surface area contributed by atoms with Crippen LogP contribution < -0.4 is 5.56 Å². The SMILES string of the molecule is CCn1[nH]cc(C(=O)c2ccc(S(C)(=O)=O)c(CO)c2Cl)c1=O. The first-order chi connectivity index (χ1) is 10.7. The number of hydrogen-bond donors (Lipinski definition) is 2. The maximum absolute atomic E-state index is 12.5. The molecule has 0 aliphatic rings. The van der Waals surface area contributed by atoms with Crippen molar-refractivity contribution in [2.45, 2.75) is 25.0 Å². The largest absolute Gasteiger partial charge is 0.392 e. The number of rotatable bonds is 5. The number of hydrogen-bond acceptors (Lipinski definition) is 5. The molecule has 0 amide bonds. The Morgan fingerprint density at radius 2 is 2.00 bits per heavy atom. The molecule has 0 radical (unpaired) electrons. The Morgan fingerprint density at radius 1 is 1.35 bits per heavy atom. The van der Waals surface area contributed by atoms with Crippen LogP contribution in [-0.4, -0.2) is 35.3 Å². The van der Waals surface area contributed by atoms with E-state index in [-0.39, 0.29) is 26.6 Å². The van der Waals surface area contributed by atoms with Crippen molar-refractivity contribution in [3.05, 3.63) is 50.4 Å². The van der Waals surface area contributed by atoms with Gasteiger partial charge in [0.1, 0.15) is 5.56 Å². The Morgan fingerprint density at radius 3 is 2.48 bits per heavy atom. The predicted octanol–water partition coefficient (Wildman–Crippen LogP) is 0.976. The molecule has 1 heterocycles. The smallest absolute Gasteiger partial charge is 0.277 e. The van der Waals surface area contributed by atoms with Gasteiger partial charge >= 0.3 is 0 Å². The zero-order valence-corrected chi connectivity index (χ0v) is 14.0. The Balaban J connectivity index is 2.63. The first-order valence-electron chi connectivity index (χ1n) is 6.67. The maximum Gasteiger partial charge on any atom is 0.277 e. The topological polar surface area (TPSA) is 109 Å². The van der Waals surface area contributed by atoms with Gasteiger partial charge in [0.25, 0.3) is 5.56 Å². The van der Waals surface area contributed by atoms with E-state index in [1.165, 1.54) is 23.0 Å². The Hall–Kier alpha value is -1.90. The monoisotopic (exact) mass is 358 g/mol. The van der Waals surface area contributed by atoms with Crippen LogP contribution in [0.4, 0.5) is 0 Å². The molecular weight excluding hydrogens is 344 g/mol. The number of aromatic nitrogens is 2. The number of aliphatic hydroxyl groups is 1. The second-order valence-corrected chi connectivity index (χ2v) is 7.26. The number of aliphatic hydroxyl groups excluding tert-OH is 1. The lowest BCUT2D eigenvalue weighted by atomic mass is 10.0. The van der Waals surface area contributed by atoms with Crippen LogP contribution >= 0.6 is 11.6 Å². The highest BCUT2D eigenvalue weighted by molar-refractivity contribution is 7.90. The number of carbonyl (C=O) groups excluding carboxylic acids is 1. The van der Waals surface area contributed by atoms with Gasteiger partial charge in [-0.05, 0) is 19.1 Å². The fourth-order valence-corrected chi connectivity index (χ4v) is 3.52. The molecule has 9 heteroatoms. The molecule has 1 aromatic heterocycles.